The molecule has 13 heavy (non-hydrogen) atoms. The molecule has 2 amide bonds. The van der Waals surface area contributed by atoms with Gasteiger partial charge in [0.05, 0.1) is 0 Å². The summed E-state index contributed by atoms with van der Waals surface area (Å²) >= 11 is 0. The SMILES string of the molecule is CCCNC(=O)NCCNC(C)C. The standard InChI is InChI=1S/C9H21N3O/c1-4-5-11-9(13)12-7-6-10-8(2)3/h8,10H,4-7H2,1-3H3,(H2,11,12,13). The molecule has 78 valence electrons. The molecule has 0 saturated heterocycles. The Morgan fingerprint density at radius 3 is 2.31 bits per heavy atom. The van der Waals surface area contributed by atoms with Crippen LogP contribution in [0.5, 0.6) is 0 Å². The fourth-order valence-corrected chi connectivity index (χ4v) is 0.838. The van der Waals surface area contributed by atoms with Crippen LogP contribution in [0.25, 0.3) is 0 Å². The second-order valence-corrected chi connectivity index (χ2v) is 3.29. The summed E-state index contributed by atoms with van der Waals surface area (Å²) in [4.78, 5) is 11.0. The molecule has 0 aliphatic rings. The van der Waals surface area contributed by atoms with Crippen molar-refractivity contribution >= 4 is 6.03 Å². The fraction of sp³-hybridized carbons (Fsp3) is 0.889. The van der Waals surface area contributed by atoms with Crippen molar-refractivity contribution < 1.29 is 4.79 Å². The van der Waals surface area contributed by atoms with E-state index in [2.05, 4.69) is 29.8 Å². The largest absolute Gasteiger partial charge is 0.338 e. The third-order valence-electron chi connectivity index (χ3n) is 1.50. The fourth-order valence-electron chi connectivity index (χ4n) is 0.838. The van der Waals surface area contributed by atoms with E-state index in [1.807, 2.05) is 6.92 Å². The highest BCUT2D eigenvalue weighted by Gasteiger charge is 1.96. The smallest absolute Gasteiger partial charge is 0.314 e. The van der Waals surface area contributed by atoms with Crippen LogP contribution in [0.3, 0.4) is 0 Å². The Bertz CT molecular complexity index is 137. The molecule has 0 aliphatic heterocycles. The second-order valence-electron chi connectivity index (χ2n) is 3.29. The van der Waals surface area contributed by atoms with Crippen molar-refractivity contribution in [3.63, 3.8) is 0 Å². The van der Waals surface area contributed by atoms with E-state index >= 15 is 0 Å². The summed E-state index contributed by atoms with van der Waals surface area (Å²) < 4.78 is 0. The molecule has 0 saturated carbocycles. The first-order chi connectivity index (χ1) is 6.16. The maximum Gasteiger partial charge on any atom is 0.314 e. The highest BCUT2D eigenvalue weighted by atomic mass is 16.2. The lowest BCUT2D eigenvalue weighted by Crippen LogP contribution is -2.40. The topological polar surface area (TPSA) is 53.2 Å². The van der Waals surface area contributed by atoms with Gasteiger partial charge in [-0.3, -0.25) is 0 Å². The van der Waals surface area contributed by atoms with E-state index in [4.69, 9.17) is 0 Å². The number of hydrogen-bond acceptors (Lipinski definition) is 2. The van der Waals surface area contributed by atoms with E-state index in [0.29, 0.717) is 12.6 Å². The predicted molar refractivity (Wildman–Crippen MR) is 54.8 cm³/mol. The Morgan fingerprint density at radius 1 is 1.15 bits per heavy atom. The van der Waals surface area contributed by atoms with Gasteiger partial charge in [0.2, 0.25) is 0 Å². The molecule has 0 radical (unpaired) electrons. The minimum atomic E-state index is -0.0765. The zero-order valence-corrected chi connectivity index (χ0v) is 8.81. The van der Waals surface area contributed by atoms with Crippen molar-refractivity contribution in [1.82, 2.24) is 16.0 Å². The summed E-state index contributed by atoms with van der Waals surface area (Å²) in [6, 6.07) is 0.396. The van der Waals surface area contributed by atoms with Gasteiger partial charge in [-0.25, -0.2) is 4.79 Å². The average molecular weight is 187 g/mol. The van der Waals surface area contributed by atoms with Crippen LogP contribution in [0.2, 0.25) is 0 Å². The van der Waals surface area contributed by atoms with Crippen LogP contribution in [0.15, 0.2) is 0 Å². The third-order valence-corrected chi connectivity index (χ3v) is 1.50. The van der Waals surface area contributed by atoms with Crippen LogP contribution in [0.1, 0.15) is 27.2 Å². The Labute approximate surface area is 80.5 Å². The lowest BCUT2D eigenvalue weighted by molar-refractivity contribution is 0.241. The van der Waals surface area contributed by atoms with Crippen LogP contribution in [-0.2, 0) is 0 Å². The molecular formula is C9H21N3O. The maximum atomic E-state index is 11.0. The first-order valence-corrected chi connectivity index (χ1v) is 4.92. The van der Waals surface area contributed by atoms with E-state index < -0.39 is 0 Å². The van der Waals surface area contributed by atoms with Crippen molar-refractivity contribution in [2.75, 3.05) is 19.6 Å². The van der Waals surface area contributed by atoms with Gasteiger partial charge in [0.25, 0.3) is 0 Å². The van der Waals surface area contributed by atoms with Gasteiger partial charge in [0.1, 0.15) is 0 Å². The summed E-state index contributed by atoms with van der Waals surface area (Å²) in [5, 5.41) is 8.72. The number of rotatable bonds is 6. The van der Waals surface area contributed by atoms with Crippen LogP contribution in [-0.4, -0.2) is 31.7 Å². The molecular weight excluding hydrogens is 166 g/mol. The lowest BCUT2D eigenvalue weighted by Gasteiger charge is -2.09. The number of carbonyl (C=O) groups excluding carboxylic acids is 1. The van der Waals surface area contributed by atoms with E-state index in [1.165, 1.54) is 0 Å². The Kier molecular flexibility index (Phi) is 7.39. The number of amides is 2. The third kappa shape index (κ3) is 9.14. The van der Waals surface area contributed by atoms with Crippen LogP contribution in [0.4, 0.5) is 4.79 Å². The number of urea groups is 1. The van der Waals surface area contributed by atoms with Crippen LogP contribution >= 0.6 is 0 Å². The lowest BCUT2D eigenvalue weighted by atomic mass is 10.4. The summed E-state index contributed by atoms with van der Waals surface area (Å²) in [6.07, 6.45) is 0.970. The molecule has 0 atom stereocenters. The monoisotopic (exact) mass is 187 g/mol. The quantitative estimate of drug-likeness (QED) is 0.536. The molecule has 4 nitrogen and oxygen atoms in total. The van der Waals surface area contributed by atoms with E-state index in [9.17, 15) is 4.79 Å². The minimum absolute atomic E-state index is 0.0765. The normalized spacial score (nSPS) is 10.2. The van der Waals surface area contributed by atoms with Crippen LogP contribution in [0, 0.1) is 0 Å². The molecule has 0 aromatic heterocycles. The highest BCUT2D eigenvalue weighted by Crippen LogP contribution is 1.74. The van der Waals surface area contributed by atoms with Gasteiger partial charge in [0.15, 0.2) is 0 Å². The summed E-state index contributed by atoms with van der Waals surface area (Å²) in [5.74, 6) is 0. The van der Waals surface area contributed by atoms with Gasteiger partial charge in [-0.2, -0.15) is 0 Å². The van der Waals surface area contributed by atoms with Crippen molar-refractivity contribution in [3.05, 3.63) is 0 Å². The van der Waals surface area contributed by atoms with Gasteiger partial charge in [-0.05, 0) is 6.42 Å². The number of carbonyl (C=O) groups is 1. The average Bonchev–Trinajstić information content (AvgIpc) is 2.08. The first kappa shape index (κ1) is 12.2. The van der Waals surface area contributed by atoms with Gasteiger partial charge < -0.3 is 16.0 Å². The molecule has 0 aromatic carbocycles. The molecule has 0 heterocycles. The Balaban J connectivity index is 3.17. The Morgan fingerprint density at radius 2 is 1.77 bits per heavy atom. The van der Waals surface area contributed by atoms with Crippen molar-refractivity contribution in [2.45, 2.75) is 33.2 Å². The van der Waals surface area contributed by atoms with E-state index in [1.54, 1.807) is 0 Å². The number of hydrogen-bond donors (Lipinski definition) is 3. The summed E-state index contributed by atoms with van der Waals surface area (Å²) in [5.41, 5.74) is 0. The maximum absolute atomic E-state index is 11.0. The molecule has 0 aromatic rings. The first-order valence-electron chi connectivity index (χ1n) is 4.92. The van der Waals surface area contributed by atoms with Gasteiger partial charge in [0, 0.05) is 25.7 Å². The summed E-state index contributed by atoms with van der Waals surface area (Å²) in [7, 11) is 0. The highest BCUT2D eigenvalue weighted by molar-refractivity contribution is 5.73. The molecule has 0 aliphatic carbocycles. The van der Waals surface area contributed by atoms with Crippen molar-refractivity contribution in [3.8, 4) is 0 Å². The van der Waals surface area contributed by atoms with Gasteiger partial charge >= 0.3 is 6.03 Å². The molecule has 0 unspecified atom stereocenters. The number of nitrogens with one attached hydrogen (secondary N) is 3. The van der Waals surface area contributed by atoms with E-state index in [0.717, 1.165) is 19.5 Å². The zero-order chi connectivity index (χ0) is 10.1. The molecule has 4 heteroatoms. The molecule has 3 N–H and O–H groups in total. The van der Waals surface area contributed by atoms with Crippen molar-refractivity contribution in [2.24, 2.45) is 0 Å². The molecule has 0 fully saturated rings. The van der Waals surface area contributed by atoms with Crippen molar-refractivity contribution in [1.29, 1.82) is 0 Å². The second kappa shape index (κ2) is 7.86. The van der Waals surface area contributed by atoms with E-state index in [-0.39, 0.29) is 6.03 Å². The zero-order valence-electron chi connectivity index (χ0n) is 8.81. The molecule has 0 bridgehead atoms. The molecule has 0 spiro atoms. The predicted octanol–water partition coefficient (Wildman–Crippen LogP) is 0.694. The Hall–Kier alpha value is -0.770. The van der Waals surface area contributed by atoms with Gasteiger partial charge in [-0.15, -0.1) is 0 Å². The minimum Gasteiger partial charge on any atom is -0.338 e. The molecule has 0 rings (SSSR count). The van der Waals surface area contributed by atoms with Gasteiger partial charge in [-0.1, -0.05) is 20.8 Å². The van der Waals surface area contributed by atoms with Crippen LogP contribution < -0.4 is 16.0 Å². The summed E-state index contributed by atoms with van der Waals surface area (Å²) in [6.45, 7) is 8.42.